The number of H-pyrrole nitrogens is 1. The Hall–Kier alpha value is -2.94. The fraction of sp³-hybridized carbons (Fsp3) is 0.412. The fourth-order valence-corrected chi connectivity index (χ4v) is 2.75. The van der Waals surface area contributed by atoms with E-state index in [1.54, 1.807) is 21.5 Å². The zero-order valence-electron chi connectivity index (χ0n) is 15.7. The predicted molar refractivity (Wildman–Crippen MR) is 99.0 cm³/mol. The molecular weight excluding hydrogens is 332 g/mol. The Morgan fingerprint density at radius 3 is 2.73 bits per heavy atom. The Balaban J connectivity index is 1.71. The van der Waals surface area contributed by atoms with Crippen molar-refractivity contribution in [2.24, 2.45) is 7.05 Å². The van der Waals surface area contributed by atoms with E-state index in [9.17, 15) is 4.79 Å². The Bertz CT molecular complexity index is 917. The number of aromatic amines is 1. The molecule has 26 heavy (non-hydrogen) atoms. The van der Waals surface area contributed by atoms with Gasteiger partial charge in [-0.1, -0.05) is 0 Å². The topological polar surface area (TPSA) is 96.7 Å². The van der Waals surface area contributed by atoms with Crippen LogP contribution >= 0.6 is 0 Å². The van der Waals surface area contributed by atoms with Crippen LogP contribution in [-0.2, 0) is 13.6 Å². The summed E-state index contributed by atoms with van der Waals surface area (Å²) >= 11 is 0. The van der Waals surface area contributed by atoms with Crippen molar-refractivity contribution in [3.05, 3.63) is 35.4 Å². The van der Waals surface area contributed by atoms with Crippen molar-refractivity contribution in [2.75, 3.05) is 26.0 Å². The first-order valence-electron chi connectivity index (χ1n) is 8.40. The summed E-state index contributed by atoms with van der Waals surface area (Å²) in [4.78, 5) is 14.5. The number of hydrogen-bond donors (Lipinski definition) is 2. The summed E-state index contributed by atoms with van der Waals surface area (Å²) in [6.07, 6.45) is 1.85. The molecule has 0 spiro atoms. The van der Waals surface area contributed by atoms with Gasteiger partial charge in [-0.2, -0.15) is 15.3 Å². The normalized spacial score (nSPS) is 11.3. The summed E-state index contributed by atoms with van der Waals surface area (Å²) in [5.41, 5.74) is 3.90. The molecule has 0 bridgehead atoms. The average Bonchev–Trinajstić information content (AvgIpc) is 3.27. The molecule has 0 aromatic carbocycles. The number of aryl methyl sites for hydroxylation is 2. The van der Waals surface area contributed by atoms with E-state index >= 15 is 0 Å². The van der Waals surface area contributed by atoms with Crippen molar-refractivity contribution in [3.63, 3.8) is 0 Å². The van der Waals surface area contributed by atoms with Crippen LogP contribution in [0.2, 0.25) is 0 Å². The molecule has 0 unspecified atom stereocenters. The fourth-order valence-electron chi connectivity index (χ4n) is 2.75. The lowest BCUT2D eigenvalue weighted by Gasteiger charge is -2.08. The highest BCUT2D eigenvalue weighted by Gasteiger charge is 2.17. The van der Waals surface area contributed by atoms with Crippen LogP contribution in [-0.4, -0.2) is 61.2 Å². The first-order chi connectivity index (χ1) is 12.3. The van der Waals surface area contributed by atoms with Crippen molar-refractivity contribution < 1.29 is 4.79 Å². The van der Waals surface area contributed by atoms with Crippen LogP contribution in [0.15, 0.2) is 18.3 Å². The van der Waals surface area contributed by atoms with Crippen LogP contribution in [0, 0.1) is 13.8 Å². The minimum absolute atomic E-state index is 0.277. The molecule has 0 radical (unpaired) electrons. The van der Waals surface area contributed by atoms with Crippen LogP contribution in [0.25, 0.3) is 11.3 Å². The highest BCUT2D eigenvalue weighted by molar-refractivity contribution is 6.02. The summed E-state index contributed by atoms with van der Waals surface area (Å²) in [5.74, 6) is 0.236. The second kappa shape index (κ2) is 7.12. The molecule has 0 fully saturated rings. The van der Waals surface area contributed by atoms with E-state index in [-0.39, 0.29) is 5.91 Å². The molecule has 3 aromatic heterocycles. The summed E-state index contributed by atoms with van der Waals surface area (Å²) in [6.45, 7) is 5.54. The van der Waals surface area contributed by atoms with Crippen molar-refractivity contribution >= 4 is 11.7 Å². The SMILES string of the molecule is Cc1nn(C)c(C)c1-c1cc(C(=O)Nc2ccn(CCN(C)C)n2)[nH]n1. The number of carbonyl (C=O) groups excluding carboxylic acids is 1. The molecule has 3 aromatic rings. The predicted octanol–water partition coefficient (Wildman–Crippen LogP) is 1.44. The van der Waals surface area contributed by atoms with Crippen LogP contribution in [0.5, 0.6) is 0 Å². The van der Waals surface area contributed by atoms with Gasteiger partial charge in [0.05, 0.1) is 17.9 Å². The van der Waals surface area contributed by atoms with E-state index in [0.717, 1.165) is 30.0 Å². The molecule has 2 N–H and O–H groups in total. The van der Waals surface area contributed by atoms with E-state index < -0.39 is 0 Å². The number of anilines is 1. The molecule has 1 amide bonds. The number of nitrogens with zero attached hydrogens (tertiary/aromatic N) is 6. The molecule has 0 aliphatic heterocycles. The smallest absolute Gasteiger partial charge is 0.274 e. The number of carbonyl (C=O) groups is 1. The van der Waals surface area contributed by atoms with Gasteiger partial charge in [-0.15, -0.1) is 0 Å². The molecule has 0 saturated heterocycles. The molecule has 3 heterocycles. The summed E-state index contributed by atoms with van der Waals surface area (Å²) in [6, 6.07) is 3.51. The van der Waals surface area contributed by atoms with Crippen molar-refractivity contribution in [1.29, 1.82) is 0 Å². The summed E-state index contributed by atoms with van der Waals surface area (Å²) in [7, 11) is 5.90. The van der Waals surface area contributed by atoms with E-state index in [4.69, 9.17) is 0 Å². The minimum atomic E-state index is -0.277. The number of likely N-dealkylation sites (N-methyl/N-ethyl adjacent to an activating group) is 1. The highest BCUT2D eigenvalue weighted by atomic mass is 16.2. The molecule has 138 valence electrons. The number of amides is 1. The van der Waals surface area contributed by atoms with Crippen LogP contribution in [0.1, 0.15) is 21.9 Å². The van der Waals surface area contributed by atoms with Gasteiger partial charge in [0.1, 0.15) is 5.69 Å². The maximum absolute atomic E-state index is 12.4. The Morgan fingerprint density at radius 1 is 1.31 bits per heavy atom. The zero-order valence-corrected chi connectivity index (χ0v) is 15.7. The first-order valence-corrected chi connectivity index (χ1v) is 8.40. The molecule has 9 heteroatoms. The van der Waals surface area contributed by atoms with E-state index in [1.165, 1.54) is 0 Å². The van der Waals surface area contributed by atoms with Gasteiger partial charge >= 0.3 is 0 Å². The van der Waals surface area contributed by atoms with Gasteiger partial charge in [0.15, 0.2) is 5.82 Å². The van der Waals surface area contributed by atoms with Crippen molar-refractivity contribution in [3.8, 4) is 11.3 Å². The first kappa shape index (κ1) is 17.9. The summed E-state index contributed by atoms with van der Waals surface area (Å²) < 4.78 is 3.61. The molecule has 9 nitrogen and oxygen atoms in total. The number of aromatic nitrogens is 6. The van der Waals surface area contributed by atoms with Crippen molar-refractivity contribution in [1.82, 2.24) is 34.7 Å². The Labute approximate surface area is 152 Å². The van der Waals surface area contributed by atoms with E-state index in [1.807, 2.05) is 41.2 Å². The minimum Gasteiger partial charge on any atom is -0.308 e. The van der Waals surface area contributed by atoms with Gasteiger partial charge in [-0.05, 0) is 34.0 Å². The van der Waals surface area contributed by atoms with E-state index in [0.29, 0.717) is 17.2 Å². The second-order valence-electron chi connectivity index (χ2n) is 6.56. The third-order valence-corrected chi connectivity index (χ3v) is 4.25. The van der Waals surface area contributed by atoms with Crippen LogP contribution < -0.4 is 5.32 Å². The Morgan fingerprint density at radius 2 is 2.08 bits per heavy atom. The largest absolute Gasteiger partial charge is 0.308 e. The van der Waals surface area contributed by atoms with Crippen LogP contribution in [0.3, 0.4) is 0 Å². The number of rotatable bonds is 6. The maximum atomic E-state index is 12.4. The molecule has 3 rings (SSSR count). The van der Waals surface area contributed by atoms with E-state index in [2.05, 4.69) is 30.6 Å². The standard InChI is InChI=1S/C17H24N8O/c1-11-16(12(2)24(5)21-11)13-10-14(20-19-13)17(26)18-15-6-7-25(22-15)9-8-23(3)4/h6-7,10H,8-9H2,1-5H3,(H,19,20)(H,18,22,26). The second-order valence-corrected chi connectivity index (χ2v) is 6.56. The van der Waals surface area contributed by atoms with Crippen molar-refractivity contribution in [2.45, 2.75) is 20.4 Å². The quantitative estimate of drug-likeness (QED) is 0.697. The number of hydrogen-bond acceptors (Lipinski definition) is 5. The average molecular weight is 356 g/mol. The van der Waals surface area contributed by atoms with Gasteiger partial charge in [0.25, 0.3) is 5.91 Å². The third kappa shape index (κ3) is 3.67. The molecule has 0 aliphatic rings. The number of nitrogens with one attached hydrogen (secondary N) is 2. The van der Waals surface area contributed by atoms with Gasteiger partial charge in [0, 0.05) is 37.1 Å². The Kier molecular flexibility index (Phi) is 4.90. The lowest BCUT2D eigenvalue weighted by atomic mass is 10.1. The third-order valence-electron chi connectivity index (χ3n) is 4.25. The molecule has 0 saturated carbocycles. The molecule has 0 atom stereocenters. The maximum Gasteiger partial charge on any atom is 0.274 e. The van der Waals surface area contributed by atoms with Gasteiger partial charge in [-0.3, -0.25) is 19.3 Å². The lowest BCUT2D eigenvalue weighted by molar-refractivity contribution is 0.102. The van der Waals surface area contributed by atoms with Crippen LogP contribution in [0.4, 0.5) is 5.82 Å². The monoisotopic (exact) mass is 356 g/mol. The zero-order chi connectivity index (χ0) is 18.8. The lowest BCUT2D eigenvalue weighted by Crippen LogP contribution is -2.19. The molecule has 0 aliphatic carbocycles. The highest BCUT2D eigenvalue weighted by Crippen LogP contribution is 2.25. The summed E-state index contributed by atoms with van der Waals surface area (Å²) in [5, 5.41) is 18.6. The van der Waals surface area contributed by atoms with Gasteiger partial charge < -0.3 is 10.2 Å². The van der Waals surface area contributed by atoms with Gasteiger partial charge in [0.2, 0.25) is 0 Å². The molecular formula is C17H24N8O. The van der Waals surface area contributed by atoms with Gasteiger partial charge in [-0.25, -0.2) is 0 Å².